The number of unbranched alkanes of at least 4 members (excludes halogenated alkanes) is 1. The van der Waals surface area contributed by atoms with Gasteiger partial charge in [-0.3, -0.25) is 4.72 Å². The molecule has 0 bridgehead atoms. The number of aromatic nitrogens is 1. The number of benzene rings is 1. The molecule has 0 atom stereocenters. The summed E-state index contributed by atoms with van der Waals surface area (Å²) in [5.74, 6) is 0.921. The van der Waals surface area contributed by atoms with E-state index in [0.717, 1.165) is 19.4 Å². The Kier molecular flexibility index (Phi) is 6.28. The molecule has 0 radical (unpaired) electrons. The van der Waals surface area contributed by atoms with Gasteiger partial charge in [0.05, 0.1) is 19.0 Å². The van der Waals surface area contributed by atoms with Crippen molar-refractivity contribution in [1.82, 2.24) is 4.98 Å². The van der Waals surface area contributed by atoms with Crippen LogP contribution >= 0.6 is 11.6 Å². The molecule has 2 aromatic rings. The summed E-state index contributed by atoms with van der Waals surface area (Å²) in [5.41, 5.74) is 0.359. The molecule has 1 aromatic carbocycles. The van der Waals surface area contributed by atoms with E-state index in [0.29, 0.717) is 16.5 Å². The van der Waals surface area contributed by atoms with Gasteiger partial charge in [-0.05, 0) is 36.8 Å². The summed E-state index contributed by atoms with van der Waals surface area (Å²) in [6.45, 7) is 2.94. The quantitative estimate of drug-likeness (QED) is 0.692. The molecule has 2 rings (SSSR count). The van der Waals surface area contributed by atoms with Crippen LogP contribution in [0.1, 0.15) is 19.8 Å². The topological polar surface area (TPSA) is 80.3 Å². The minimum atomic E-state index is -3.83. The van der Waals surface area contributed by atoms with Crippen LogP contribution in [0.3, 0.4) is 0 Å². The highest BCUT2D eigenvalue weighted by atomic mass is 35.5. The zero-order valence-electron chi connectivity index (χ0n) is 13.5. The third-order valence-corrected chi connectivity index (χ3v) is 4.90. The summed E-state index contributed by atoms with van der Waals surface area (Å²) in [4.78, 5) is 4.17. The minimum Gasteiger partial charge on any atom is -0.495 e. The monoisotopic (exact) mass is 369 g/mol. The lowest BCUT2D eigenvalue weighted by atomic mass is 10.3. The van der Waals surface area contributed by atoms with Crippen molar-refractivity contribution in [2.45, 2.75) is 24.7 Å². The Hall–Kier alpha value is -1.99. The first-order valence-electron chi connectivity index (χ1n) is 7.52. The molecular formula is C16H20ClN3O3S. The van der Waals surface area contributed by atoms with Gasteiger partial charge in [0.2, 0.25) is 0 Å². The summed E-state index contributed by atoms with van der Waals surface area (Å²) in [6.07, 6.45) is 3.60. The normalized spacial score (nSPS) is 11.1. The zero-order chi connectivity index (χ0) is 17.6. The predicted molar refractivity (Wildman–Crippen MR) is 96.4 cm³/mol. The van der Waals surface area contributed by atoms with E-state index in [2.05, 4.69) is 21.9 Å². The number of ether oxygens (including phenoxy) is 1. The van der Waals surface area contributed by atoms with Crippen molar-refractivity contribution < 1.29 is 13.2 Å². The van der Waals surface area contributed by atoms with Crippen molar-refractivity contribution in [3.05, 3.63) is 41.6 Å². The number of rotatable bonds is 8. The molecule has 0 spiro atoms. The summed E-state index contributed by atoms with van der Waals surface area (Å²) >= 11 is 5.90. The average Bonchev–Trinajstić information content (AvgIpc) is 2.56. The van der Waals surface area contributed by atoms with Gasteiger partial charge in [-0.2, -0.15) is 0 Å². The van der Waals surface area contributed by atoms with E-state index in [1.165, 1.54) is 25.4 Å². The van der Waals surface area contributed by atoms with E-state index in [1.54, 1.807) is 18.2 Å². The molecule has 0 amide bonds. The van der Waals surface area contributed by atoms with Crippen LogP contribution in [0.25, 0.3) is 0 Å². The number of pyridine rings is 1. The molecule has 0 unspecified atom stereocenters. The fourth-order valence-corrected chi connectivity index (χ4v) is 3.50. The van der Waals surface area contributed by atoms with Crippen LogP contribution in [0.5, 0.6) is 5.75 Å². The first kappa shape index (κ1) is 18.4. The molecule has 0 saturated heterocycles. The Morgan fingerprint density at radius 1 is 1.25 bits per heavy atom. The Morgan fingerprint density at radius 2 is 2.04 bits per heavy atom. The Bertz CT molecular complexity index is 780. The van der Waals surface area contributed by atoms with Crippen LogP contribution in [-0.2, 0) is 10.0 Å². The predicted octanol–water partition coefficient (Wildman–Crippen LogP) is 3.76. The van der Waals surface area contributed by atoms with Crippen molar-refractivity contribution >= 4 is 33.1 Å². The van der Waals surface area contributed by atoms with Gasteiger partial charge in [0.25, 0.3) is 10.0 Å². The average molecular weight is 370 g/mol. The SMILES string of the molecule is CCCCNc1ccc(NS(=O)(=O)c2cc(Cl)ccc2OC)cn1. The van der Waals surface area contributed by atoms with Crippen molar-refractivity contribution in [3.8, 4) is 5.75 Å². The maximum Gasteiger partial charge on any atom is 0.265 e. The Morgan fingerprint density at radius 3 is 2.67 bits per heavy atom. The van der Waals surface area contributed by atoms with Gasteiger partial charge in [-0.1, -0.05) is 24.9 Å². The molecule has 1 aromatic heterocycles. The number of hydrogen-bond acceptors (Lipinski definition) is 5. The van der Waals surface area contributed by atoms with Crippen LogP contribution < -0.4 is 14.8 Å². The van der Waals surface area contributed by atoms with Crippen LogP contribution in [0, 0.1) is 0 Å². The Balaban J connectivity index is 2.16. The fourth-order valence-electron chi connectivity index (χ4n) is 2.02. The van der Waals surface area contributed by atoms with Crippen LogP contribution in [0.4, 0.5) is 11.5 Å². The summed E-state index contributed by atoms with van der Waals surface area (Å²) < 4.78 is 32.6. The summed E-state index contributed by atoms with van der Waals surface area (Å²) in [7, 11) is -2.43. The lowest BCUT2D eigenvalue weighted by Crippen LogP contribution is -2.14. The minimum absolute atomic E-state index is 0.0253. The summed E-state index contributed by atoms with van der Waals surface area (Å²) in [5, 5.41) is 3.48. The van der Waals surface area contributed by atoms with Crippen LogP contribution in [0.2, 0.25) is 5.02 Å². The highest BCUT2D eigenvalue weighted by molar-refractivity contribution is 7.92. The van der Waals surface area contributed by atoms with Crippen LogP contribution in [-0.4, -0.2) is 27.1 Å². The van der Waals surface area contributed by atoms with Gasteiger partial charge in [-0.15, -0.1) is 0 Å². The van der Waals surface area contributed by atoms with Gasteiger partial charge < -0.3 is 10.1 Å². The molecule has 130 valence electrons. The first-order chi connectivity index (χ1) is 11.5. The number of hydrogen-bond donors (Lipinski definition) is 2. The third kappa shape index (κ3) is 4.75. The fraction of sp³-hybridized carbons (Fsp3) is 0.312. The Labute approximate surface area is 147 Å². The van der Waals surface area contributed by atoms with Crippen LogP contribution in [0.15, 0.2) is 41.4 Å². The second-order valence-corrected chi connectivity index (χ2v) is 7.20. The van der Waals surface area contributed by atoms with Gasteiger partial charge >= 0.3 is 0 Å². The summed E-state index contributed by atoms with van der Waals surface area (Å²) in [6, 6.07) is 7.79. The van der Waals surface area contributed by atoms with Gasteiger partial charge in [0.1, 0.15) is 16.5 Å². The van der Waals surface area contributed by atoms with Gasteiger partial charge in [0.15, 0.2) is 0 Å². The van der Waals surface area contributed by atoms with E-state index in [1.807, 2.05) is 0 Å². The van der Waals surface area contributed by atoms with Gasteiger partial charge in [-0.25, -0.2) is 13.4 Å². The largest absolute Gasteiger partial charge is 0.495 e. The van der Waals surface area contributed by atoms with E-state index in [4.69, 9.17) is 16.3 Å². The number of sulfonamides is 1. The van der Waals surface area contributed by atoms with E-state index >= 15 is 0 Å². The highest BCUT2D eigenvalue weighted by Crippen LogP contribution is 2.28. The molecule has 0 fully saturated rings. The van der Waals surface area contributed by atoms with Gasteiger partial charge in [0, 0.05) is 11.6 Å². The standard InChI is InChI=1S/C16H20ClN3O3S/c1-3-4-9-18-16-8-6-13(11-19-16)20-24(21,22)15-10-12(17)5-7-14(15)23-2/h5-8,10-11,20H,3-4,9H2,1-2H3,(H,18,19). The number of anilines is 2. The molecule has 6 nitrogen and oxygen atoms in total. The first-order valence-corrected chi connectivity index (χ1v) is 9.38. The second kappa shape index (κ2) is 8.21. The molecule has 8 heteroatoms. The smallest absolute Gasteiger partial charge is 0.265 e. The maximum absolute atomic E-state index is 12.5. The maximum atomic E-state index is 12.5. The lowest BCUT2D eigenvalue weighted by Gasteiger charge is -2.12. The molecule has 0 aliphatic heterocycles. The second-order valence-electron chi connectivity index (χ2n) is 5.11. The van der Waals surface area contributed by atoms with E-state index in [-0.39, 0.29) is 10.6 Å². The molecule has 2 N–H and O–H groups in total. The number of methoxy groups -OCH3 is 1. The van der Waals surface area contributed by atoms with Crippen molar-refractivity contribution in [3.63, 3.8) is 0 Å². The van der Waals surface area contributed by atoms with Crippen molar-refractivity contribution in [1.29, 1.82) is 0 Å². The molecule has 24 heavy (non-hydrogen) atoms. The highest BCUT2D eigenvalue weighted by Gasteiger charge is 2.20. The molecular weight excluding hydrogens is 350 g/mol. The molecule has 0 aliphatic rings. The van der Waals surface area contributed by atoms with E-state index in [9.17, 15) is 8.42 Å². The third-order valence-electron chi connectivity index (χ3n) is 3.27. The zero-order valence-corrected chi connectivity index (χ0v) is 15.1. The number of nitrogens with zero attached hydrogens (tertiary/aromatic N) is 1. The number of nitrogens with one attached hydrogen (secondary N) is 2. The number of halogens is 1. The lowest BCUT2D eigenvalue weighted by molar-refractivity contribution is 0.403. The van der Waals surface area contributed by atoms with Crippen molar-refractivity contribution in [2.24, 2.45) is 0 Å². The van der Waals surface area contributed by atoms with Crippen molar-refractivity contribution in [2.75, 3.05) is 23.7 Å². The molecule has 0 saturated carbocycles. The van der Waals surface area contributed by atoms with E-state index < -0.39 is 10.0 Å². The molecule has 1 heterocycles. The molecule has 0 aliphatic carbocycles.